The third-order valence-corrected chi connectivity index (χ3v) is 6.55. The fourth-order valence-electron chi connectivity index (χ4n) is 3.81. The molecule has 0 unspecified atom stereocenters. The van der Waals surface area contributed by atoms with Gasteiger partial charge in [-0.25, -0.2) is 14.2 Å². The lowest BCUT2D eigenvalue weighted by Gasteiger charge is -2.27. The minimum Gasteiger partial charge on any atom is -0.465 e. The van der Waals surface area contributed by atoms with E-state index in [0.717, 1.165) is 34.8 Å². The molecular formula is C23H20FN3O4S. The van der Waals surface area contributed by atoms with Gasteiger partial charge < -0.3 is 19.0 Å². The van der Waals surface area contributed by atoms with Crippen molar-refractivity contribution < 1.29 is 18.7 Å². The normalized spacial score (nSPS) is 15.6. The van der Waals surface area contributed by atoms with Crippen LogP contribution in [0.5, 0.6) is 0 Å². The summed E-state index contributed by atoms with van der Waals surface area (Å²) in [6.45, 7) is 1.36. The molecule has 1 N–H and O–H groups in total. The summed E-state index contributed by atoms with van der Waals surface area (Å²) in [6.07, 6.45) is 1.48. The van der Waals surface area contributed by atoms with Gasteiger partial charge in [-0.3, -0.25) is 4.79 Å². The number of hydrogen-bond donors (Lipinski definition) is 1. The highest BCUT2D eigenvalue weighted by Gasteiger charge is 2.24. The summed E-state index contributed by atoms with van der Waals surface area (Å²) in [5, 5.41) is 0. The number of pyridine rings is 1. The summed E-state index contributed by atoms with van der Waals surface area (Å²) in [6, 6.07) is 11.4. The van der Waals surface area contributed by atoms with Gasteiger partial charge in [0.2, 0.25) is 5.56 Å². The average Bonchev–Trinajstić information content (AvgIpc) is 3.28. The number of benzene rings is 1. The number of esters is 1. The molecule has 5 rings (SSSR count). The van der Waals surface area contributed by atoms with E-state index in [1.807, 2.05) is 10.6 Å². The number of aromatic amines is 1. The molecule has 0 saturated carbocycles. The molecule has 1 atom stereocenters. The van der Waals surface area contributed by atoms with Crippen LogP contribution in [0.15, 0.2) is 47.3 Å². The van der Waals surface area contributed by atoms with Gasteiger partial charge in [-0.2, -0.15) is 0 Å². The van der Waals surface area contributed by atoms with Crippen molar-refractivity contribution in [3.63, 3.8) is 0 Å². The number of aromatic nitrogens is 3. The van der Waals surface area contributed by atoms with Crippen LogP contribution in [0.3, 0.4) is 0 Å². The van der Waals surface area contributed by atoms with Crippen molar-refractivity contribution in [2.45, 2.75) is 25.5 Å². The van der Waals surface area contributed by atoms with Crippen molar-refractivity contribution in [3.05, 3.63) is 74.9 Å². The van der Waals surface area contributed by atoms with Crippen molar-refractivity contribution in [2.75, 3.05) is 13.7 Å². The smallest absolute Gasteiger partial charge is 0.348 e. The zero-order valence-electron chi connectivity index (χ0n) is 17.3. The molecule has 1 aliphatic rings. The third kappa shape index (κ3) is 3.85. The molecule has 0 aliphatic carbocycles. The van der Waals surface area contributed by atoms with Gasteiger partial charge in [0.15, 0.2) is 0 Å². The molecule has 0 spiro atoms. The van der Waals surface area contributed by atoms with Crippen LogP contribution < -0.4 is 5.56 Å². The number of thiophene rings is 1. The number of carbonyl (C=O) groups excluding carboxylic acids is 1. The summed E-state index contributed by atoms with van der Waals surface area (Å²) in [5.41, 5.74) is 2.09. The molecule has 0 radical (unpaired) electrons. The maximum atomic E-state index is 14.9. The molecule has 1 aromatic carbocycles. The van der Waals surface area contributed by atoms with Crippen LogP contribution in [0, 0.1) is 5.82 Å². The Bertz CT molecular complexity index is 1370. The first kappa shape index (κ1) is 20.6. The van der Waals surface area contributed by atoms with Crippen LogP contribution in [0.1, 0.15) is 27.5 Å². The Balaban J connectivity index is 1.48. The quantitative estimate of drug-likeness (QED) is 0.450. The lowest BCUT2D eigenvalue weighted by atomic mass is 10.1. The van der Waals surface area contributed by atoms with Gasteiger partial charge in [0.25, 0.3) is 0 Å². The lowest BCUT2D eigenvalue weighted by molar-refractivity contribution is -0.0589. The van der Waals surface area contributed by atoms with Gasteiger partial charge in [-0.05, 0) is 36.2 Å². The van der Waals surface area contributed by atoms with Gasteiger partial charge >= 0.3 is 5.97 Å². The van der Waals surface area contributed by atoms with Gasteiger partial charge in [0, 0.05) is 24.7 Å². The molecule has 7 nitrogen and oxygen atoms in total. The van der Waals surface area contributed by atoms with E-state index in [-0.39, 0.29) is 11.7 Å². The zero-order chi connectivity index (χ0) is 22.2. The monoisotopic (exact) mass is 453 g/mol. The number of H-pyrrole nitrogens is 1. The molecule has 9 heteroatoms. The van der Waals surface area contributed by atoms with E-state index in [4.69, 9.17) is 14.5 Å². The number of carbonyl (C=O) groups is 1. The van der Waals surface area contributed by atoms with Crippen LogP contribution in [0.2, 0.25) is 0 Å². The average molecular weight is 453 g/mol. The van der Waals surface area contributed by atoms with Crippen LogP contribution in [-0.4, -0.2) is 40.3 Å². The largest absolute Gasteiger partial charge is 0.465 e. The molecule has 1 fully saturated rings. The molecule has 3 aromatic heterocycles. The SMILES string of the molecule is COC(=O)c1cc2c(nc(Cc3ccc(-c4cccc(=O)[nH]4)c(F)c3)n2C[C@@H]2CCO2)s1. The number of nitrogens with one attached hydrogen (secondary N) is 1. The molecule has 0 bridgehead atoms. The van der Waals surface area contributed by atoms with Gasteiger partial charge in [-0.1, -0.05) is 12.1 Å². The summed E-state index contributed by atoms with van der Waals surface area (Å²) in [4.78, 5) is 32.1. The number of methoxy groups -OCH3 is 1. The highest BCUT2D eigenvalue weighted by Crippen LogP contribution is 2.30. The molecule has 4 heterocycles. The maximum Gasteiger partial charge on any atom is 0.348 e. The van der Waals surface area contributed by atoms with Crippen molar-refractivity contribution >= 4 is 27.7 Å². The van der Waals surface area contributed by atoms with Crippen molar-refractivity contribution in [3.8, 4) is 11.3 Å². The fourth-order valence-corrected chi connectivity index (χ4v) is 4.78. The molecule has 1 aliphatic heterocycles. The standard InChI is InChI=1S/C23H20FN3O4S/c1-30-23(29)19-11-18-22(32-19)26-20(27(18)12-14-7-8-31-14)10-13-5-6-15(16(24)9-13)17-3-2-4-21(28)25-17/h2-6,9,11,14H,7-8,10,12H2,1H3,(H,25,28)/t14-/m0/s1. The topological polar surface area (TPSA) is 86.2 Å². The number of fused-ring (bicyclic) bond motifs is 1. The Hall–Kier alpha value is -3.30. The van der Waals surface area contributed by atoms with E-state index < -0.39 is 11.8 Å². The highest BCUT2D eigenvalue weighted by molar-refractivity contribution is 7.20. The molecule has 164 valence electrons. The predicted molar refractivity (Wildman–Crippen MR) is 119 cm³/mol. The summed E-state index contributed by atoms with van der Waals surface area (Å²) in [5.74, 6) is -0.0318. The number of ether oxygens (including phenoxy) is 2. The molecule has 1 saturated heterocycles. The van der Waals surface area contributed by atoms with E-state index in [1.165, 1.54) is 30.6 Å². The Kier molecular flexibility index (Phi) is 5.36. The van der Waals surface area contributed by atoms with Crippen LogP contribution in [0.4, 0.5) is 4.39 Å². The van der Waals surface area contributed by atoms with Crippen LogP contribution >= 0.6 is 11.3 Å². The Morgan fingerprint density at radius 2 is 2.19 bits per heavy atom. The van der Waals surface area contributed by atoms with E-state index >= 15 is 0 Å². The number of imidazole rings is 1. The third-order valence-electron chi connectivity index (χ3n) is 5.55. The Labute approximate surface area is 186 Å². The van der Waals surface area contributed by atoms with Gasteiger partial charge in [0.1, 0.15) is 21.3 Å². The lowest BCUT2D eigenvalue weighted by Crippen LogP contribution is -2.31. The number of nitrogens with zero attached hydrogens (tertiary/aromatic N) is 2. The predicted octanol–water partition coefficient (Wildman–Crippen LogP) is 3.76. The number of rotatable bonds is 6. The zero-order valence-corrected chi connectivity index (χ0v) is 18.1. The van der Waals surface area contributed by atoms with E-state index in [0.29, 0.717) is 29.1 Å². The van der Waals surface area contributed by atoms with Crippen molar-refractivity contribution in [1.29, 1.82) is 0 Å². The Morgan fingerprint density at radius 1 is 1.34 bits per heavy atom. The molecular weight excluding hydrogens is 433 g/mol. The summed E-state index contributed by atoms with van der Waals surface area (Å²) in [7, 11) is 1.35. The fraction of sp³-hybridized carbons (Fsp3) is 0.261. The van der Waals surface area contributed by atoms with Crippen LogP contribution in [-0.2, 0) is 22.4 Å². The number of halogens is 1. The van der Waals surface area contributed by atoms with E-state index in [9.17, 15) is 14.0 Å². The maximum absolute atomic E-state index is 14.9. The number of hydrogen-bond acceptors (Lipinski definition) is 6. The molecule has 0 amide bonds. The van der Waals surface area contributed by atoms with E-state index in [1.54, 1.807) is 24.3 Å². The molecule has 4 aromatic rings. The second kappa shape index (κ2) is 8.33. The first-order valence-electron chi connectivity index (χ1n) is 10.2. The first-order valence-corrected chi connectivity index (χ1v) is 11.0. The van der Waals surface area contributed by atoms with Gasteiger partial charge in [0.05, 0.1) is 31.0 Å². The van der Waals surface area contributed by atoms with Crippen LogP contribution in [0.25, 0.3) is 21.6 Å². The summed E-state index contributed by atoms with van der Waals surface area (Å²) >= 11 is 1.28. The minimum absolute atomic E-state index is 0.0987. The van der Waals surface area contributed by atoms with Crippen molar-refractivity contribution in [2.24, 2.45) is 0 Å². The van der Waals surface area contributed by atoms with E-state index in [2.05, 4.69) is 4.98 Å². The second-order valence-electron chi connectivity index (χ2n) is 7.63. The first-order chi connectivity index (χ1) is 15.5. The second-order valence-corrected chi connectivity index (χ2v) is 8.66. The highest BCUT2D eigenvalue weighted by atomic mass is 32.1. The molecule has 32 heavy (non-hydrogen) atoms. The van der Waals surface area contributed by atoms with Gasteiger partial charge in [-0.15, -0.1) is 11.3 Å². The van der Waals surface area contributed by atoms with Crippen molar-refractivity contribution in [1.82, 2.24) is 14.5 Å². The minimum atomic E-state index is -0.417. The Morgan fingerprint density at radius 3 is 2.88 bits per heavy atom. The summed E-state index contributed by atoms with van der Waals surface area (Å²) < 4.78 is 27.3.